The van der Waals surface area contributed by atoms with Gasteiger partial charge in [-0.05, 0) is 37.3 Å². The van der Waals surface area contributed by atoms with Crippen molar-refractivity contribution in [2.24, 2.45) is 0 Å². The van der Waals surface area contributed by atoms with E-state index in [0.717, 1.165) is 36.7 Å². The Morgan fingerprint density at radius 2 is 2.11 bits per heavy atom. The van der Waals surface area contributed by atoms with Crippen LogP contribution in [0.1, 0.15) is 29.9 Å². The molecule has 0 spiro atoms. The number of amides is 1. The van der Waals surface area contributed by atoms with Crippen LogP contribution >= 0.6 is 22.9 Å². The van der Waals surface area contributed by atoms with Crippen LogP contribution in [-0.4, -0.2) is 30.7 Å². The molecule has 0 fully saturated rings. The van der Waals surface area contributed by atoms with Crippen LogP contribution in [0.25, 0.3) is 0 Å². The van der Waals surface area contributed by atoms with E-state index in [1.807, 2.05) is 6.92 Å². The van der Waals surface area contributed by atoms with Crippen LogP contribution in [0.4, 0.5) is 4.79 Å². The molecule has 0 aromatic carbocycles. The van der Waals surface area contributed by atoms with Gasteiger partial charge in [-0.2, -0.15) is 0 Å². The number of fused-ring (bicyclic) bond motifs is 1. The molecule has 0 aliphatic carbocycles. The normalized spacial score (nSPS) is 15.2. The van der Waals surface area contributed by atoms with Crippen molar-refractivity contribution < 1.29 is 9.53 Å². The Kier molecular flexibility index (Phi) is 4.51. The lowest BCUT2D eigenvalue weighted by Gasteiger charge is -2.19. The highest BCUT2D eigenvalue weighted by atomic mass is 35.5. The summed E-state index contributed by atoms with van der Waals surface area (Å²) in [6.45, 7) is 5.85. The molecule has 3 nitrogen and oxygen atoms in total. The van der Waals surface area contributed by atoms with Crippen molar-refractivity contribution in [1.29, 1.82) is 0 Å². The molecule has 1 aromatic heterocycles. The van der Waals surface area contributed by atoms with Gasteiger partial charge in [-0.25, -0.2) is 4.79 Å². The summed E-state index contributed by atoms with van der Waals surface area (Å²) in [7, 11) is 0. The van der Waals surface area contributed by atoms with Gasteiger partial charge in [0.2, 0.25) is 0 Å². The van der Waals surface area contributed by atoms with Gasteiger partial charge in [0.25, 0.3) is 0 Å². The molecule has 0 radical (unpaired) electrons. The molecule has 0 atom stereocenters. The van der Waals surface area contributed by atoms with Crippen LogP contribution in [0, 0.1) is 0 Å². The molecule has 18 heavy (non-hydrogen) atoms. The number of hydrogen-bond acceptors (Lipinski definition) is 3. The Morgan fingerprint density at radius 1 is 1.39 bits per heavy atom. The first-order valence-electron chi connectivity index (χ1n) is 6.38. The van der Waals surface area contributed by atoms with Gasteiger partial charge in [0.05, 0.1) is 10.9 Å². The number of carbonyl (C=O) groups is 1. The minimum atomic E-state index is -0.197. The monoisotopic (exact) mass is 287 g/mol. The number of ether oxygens (including phenoxy) is 1. The fraction of sp³-hybridized carbons (Fsp3) is 0.615. The third-order valence-electron chi connectivity index (χ3n) is 3.27. The zero-order valence-corrected chi connectivity index (χ0v) is 12.4. The number of nitrogens with zero attached hydrogens (tertiary/aromatic N) is 1. The fourth-order valence-electron chi connectivity index (χ4n) is 2.36. The molecule has 1 amide bonds. The number of carbonyl (C=O) groups excluding carboxylic acids is 1. The number of halogens is 1. The van der Waals surface area contributed by atoms with Crippen LogP contribution < -0.4 is 0 Å². The Morgan fingerprint density at radius 3 is 2.78 bits per heavy atom. The first kappa shape index (κ1) is 13.7. The quantitative estimate of drug-likeness (QED) is 0.833. The summed E-state index contributed by atoms with van der Waals surface area (Å²) in [5.41, 5.74) is 2.63. The molecule has 1 aromatic rings. The molecule has 0 N–H and O–H groups in total. The van der Waals surface area contributed by atoms with Gasteiger partial charge in [-0.1, -0.05) is 18.5 Å². The standard InChI is InChI=1S/C13H18ClNO2S/c1-3-9-10-5-7-15(13(16)17-4-2)8-6-11(10)18-12(9)14/h3-8H2,1-2H3. The second-order valence-electron chi connectivity index (χ2n) is 4.30. The van der Waals surface area contributed by atoms with Gasteiger partial charge in [0, 0.05) is 18.0 Å². The number of rotatable bonds is 2. The summed E-state index contributed by atoms with van der Waals surface area (Å²) in [5, 5.41) is 0. The number of hydrogen-bond donors (Lipinski definition) is 0. The van der Waals surface area contributed by atoms with Crippen LogP contribution in [-0.2, 0) is 24.0 Å². The van der Waals surface area contributed by atoms with E-state index in [9.17, 15) is 4.79 Å². The maximum atomic E-state index is 11.7. The molecule has 0 bridgehead atoms. The largest absolute Gasteiger partial charge is 0.450 e. The lowest BCUT2D eigenvalue weighted by Crippen LogP contribution is -2.33. The topological polar surface area (TPSA) is 29.5 Å². The minimum Gasteiger partial charge on any atom is -0.450 e. The summed E-state index contributed by atoms with van der Waals surface area (Å²) in [6.07, 6.45) is 2.54. The number of thiophene rings is 1. The van der Waals surface area contributed by atoms with E-state index in [0.29, 0.717) is 6.61 Å². The van der Waals surface area contributed by atoms with Crippen LogP contribution in [0.3, 0.4) is 0 Å². The highest BCUT2D eigenvalue weighted by molar-refractivity contribution is 7.16. The van der Waals surface area contributed by atoms with Gasteiger partial charge in [-0.15, -0.1) is 11.3 Å². The van der Waals surface area contributed by atoms with E-state index in [-0.39, 0.29) is 6.09 Å². The molecule has 2 heterocycles. The van der Waals surface area contributed by atoms with E-state index in [2.05, 4.69) is 6.92 Å². The van der Waals surface area contributed by atoms with E-state index >= 15 is 0 Å². The van der Waals surface area contributed by atoms with Crippen molar-refractivity contribution in [1.82, 2.24) is 4.90 Å². The SMILES string of the molecule is CCOC(=O)N1CCc2sc(Cl)c(CC)c2CC1. The van der Waals surface area contributed by atoms with Crippen molar-refractivity contribution in [2.75, 3.05) is 19.7 Å². The molecule has 0 unspecified atom stereocenters. The van der Waals surface area contributed by atoms with Gasteiger partial charge < -0.3 is 9.64 Å². The van der Waals surface area contributed by atoms with E-state index in [1.54, 1.807) is 16.2 Å². The van der Waals surface area contributed by atoms with E-state index in [4.69, 9.17) is 16.3 Å². The second kappa shape index (κ2) is 5.93. The lowest BCUT2D eigenvalue weighted by atomic mass is 10.1. The van der Waals surface area contributed by atoms with E-state index < -0.39 is 0 Å². The average Bonchev–Trinajstić information content (AvgIpc) is 2.52. The molecular weight excluding hydrogens is 270 g/mol. The maximum absolute atomic E-state index is 11.7. The van der Waals surface area contributed by atoms with Gasteiger partial charge in [0.15, 0.2) is 0 Å². The third kappa shape index (κ3) is 2.64. The van der Waals surface area contributed by atoms with E-state index in [1.165, 1.54) is 16.0 Å². The van der Waals surface area contributed by atoms with Gasteiger partial charge >= 0.3 is 6.09 Å². The van der Waals surface area contributed by atoms with Gasteiger partial charge in [-0.3, -0.25) is 0 Å². The summed E-state index contributed by atoms with van der Waals surface area (Å²) in [4.78, 5) is 14.9. The van der Waals surface area contributed by atoms with Crippen LogP contribution in [0.15, 0.2) is 0 Å². The summed E-state index contributed by atoms with van der Waals surface area (Å²) in [6, 6.07) is 0. The molecule has 1 aliphatic rings. The highest BCUT2D eigenvalue weighted by Gasteiger charge is 2.23. The molecule has 100 valence electrons. The molecule has 0 saturated heterocycles. The lowest BCUT2D eigenvalue weighted by molar-refractivity contribution is 0.109. The zero-order valence-electron chi connectivity index (χ0n) is 10.8. The Balaban J connectivity index is 2.12. The van der Waals surface area contributed by atoms with Crippen molar-refractivity contribution in [3.63, 3.8) is 0 Å². The summed E-state index contributed by atoms with van der Waals surface area (Å²) >= 11 is 7.92. The molecule has 2 rings (SSSR count). The predicted molar refractivity (Wildman–Crippen MR) is 74.7 cm³/mol. The Labute approximate surface area is 117 Å². The first-order valence-corrected chi connectivity index (χ1v) is 7.57. The zero-order chi connectivity index (χ0) is 13.1. The van der Waals surface area contributed by atoms with Gasteiger partial charge in [0.1, 0.15) is 0 Å². The molecule has 1 aliphatic heterocycles. The second-order valence-corrected chi connectivity index (χ2v) is 6.00. The maximum Gasteiger partial charge on any atom is 0.409 e. The molecular formula is C13H18ClNO2S. The summed E-state index contributed by atoms with van der Waals surface area (Å²) in [5.74, 6) is 0. The fourth-order valence-corrected chi connectivity index (χ4v) is 4.03. The van der Waals surface area contributed by atoms with Crippen LogP contribution in [0.5, 0.6) is 0 Å². The van der Waals surface area contributed by atoms with Crippen molar-refractivity contribution in [3.8, 4) is 0 Å². The Hall–Kier alpha value is -0.740. The van der Waals surface area contributed by atoms with Crippen LogP contribution in [0.2, 0.25) is 4.34 Å². The van der Waals surface area contributed by atoms with Crippen molar-refractivity contribution >= 4 is 29.0 Å². The molecule has 0 saturated carbocycles. The van der Waals surface area contributed by atoms with Crippen molar-refractivity contribution in [3.05, 3.63) is 20.3 Å². The summed E-state index contributed by atoms with van der Waals surface area (Å²) < 4.78 is 5.98. The average molecular weight is 288 g/mol. The third-order valence-corrected chi connectivity index (χ3v) is 4.85. The Bertz CT molecular complexity index is 444. The highest BCUT2D eigenvalue weighted by Crippen LogP contribution is 2.35. The van der Waals surface area contributed by atoms with Crippen molar-refractivity contribution in [2.45, 2.75) is 33.1 Å². The smallest absolute Gasteiger partial charge is 0.409 e. The predicted octanol–water partition coefficient (Wildman–Crippen LogP) is 3.52. The first-order chi connectivity index (χ1) is 8.67. The minimum absolute atomic E-state index is 0.197. The molecule has 5 heteroatoms.